The van der Waals surface area contributed by atoms with Gasteiger partial charge in [0.1, 0.15) is 0 Å². The Bertz CT molecular complexity index is 530. The van der Waals surface area contributed by atoms with Crippen LogP contribution in [0.25, 0.3) is 0 Å². The van der Waals surface area contributed by atoms with Crippen LogP contribution < -0.4 is 0 Å². The Morgan fingerprint density at radius 2 is 1.86 bits per heavy atom. The van der Waals surface area contributed by atoms with Gasteiger partial charge in [-0.3, -0.25) is 9.69 Å². The second kappa shape index (κ2) is 6.68. The lowest BCUT2D eigenvalue weighted by Crippen LogP contribution is -2.48. The molecule has 21 heavy (non-hydrogen) atoms. The Hall–Kier alpha value is -0.570. The Labute approximate surface area is 136 Å². The van der Waals surface area contributed by atoms with Crippen LogP contribution in [0.3, 0.4) is 0 Å². The van der Waals surface area contributed by atoms with Crippen LogP contribution in [0, 0.1) is 5.92 Å². The highest BCUT2D eigenvalue weighted by Crippen LogP contribution is 2.35. The molecule has 114 valence electrons. The third-order valence-electron chi connectivity index (χ3n) is 4.95. The molecule has 1 aromatic rings. The maximum absolute atomic E-state index is 12.5. The molecule has 0 N–H and O–H groups in total. The van der Waals surface area contributed by atoms with Crippen molar-refractivity contribution >= 4 is 29.0 Å². The number of rotatable bonds is 3. The molecule has 2 atom stereocenters. The van der Waals surface area contributed by atoms with Gasteiger partial charge in [0.15, 0.2) is 5.78 Å². The summed E-state index contributed by atoms with van der Waals surface area (Å²) in [6.45, 7) is 1.56. The molecule has 1 aliphatic heterocycles. The van der Waals surface area contributed by atoms with Gasteiger partial charge in [-0.2, -0.15) is 0 Å². The number of benzene rings is 1. The molecule has 2 fully saturated rings. The minimum Gasteiger partial charge on any atom is -0.293 e. The van der Waals surface area contributed by atoms with Gasteiger partial charge < -0.3 is 0 Å². The lowest BCUT2D eigenvalue weighted by Gasteiger charge is -2.43. The van der Waals surface area contributed by atoms with Gasteiger partial charge in [0.25, 0.3) is 0 Å². The quantitative estimate of drug-likeness (QED) is 0.742. The van der Waals surface area contributed by atoms with Crippen LogP contribution in [0.1, 0.15) is 48.9 Å². The number of hydrogen-bond acceptors (Lipinski definition) is 2. The minimum absolute atomic E-state index is 0.153. The molecule has 3 rings (SSSR count). The zero-order valence-electron chi connectivity index (χ0n) is 12.2. The smallest absolute Gasteiger partial charge is 0.176 e. The largest absolute Gasteiger partial charge is 0.293 e. The fourth-order valence-corrected chi connectivity index (χ4v) is 4.17. The van der Waals surface area contributed by atoms with E-state index < -0.39 is 0 Å². The average molecular weight is 326 g/mol. The minimum atomic E-state index is 0.153. The van der Waals surface area contributed by atoms with Crippen LogP contribution in [0.15, 0.2) is 18.2 Å². The van der Waals surface area contributed by atoms with E-state index in [0.717, 1.165) is 12.5 Å². The van der Waals surface area contributed by atoms with E-state index in [4.69, 9.17) is 23.2 Å². The summed E-state index contributed by atoms with van der Waals surface area (Å²) >= 11 is 11.9. The Kier molecular flexibility index (Phi) is 4.88. The van der Waals surface area contributed by atoms with Gasteiger partial charge in [-0.25, -0.2) is 0 Å². The SMILES string of the molecule is O=C(CN1CCCC2CCCCC21)c1ccc(Cl)c(Cl)c1. The molecule has 1 aromatic carbocycles. The first kappa shape index (κ1) is 15.3. The van der Waals surface area contributed by atoms with Crippen molar-refractivity contribution in [2.75, 3.05) is 13.1 Å². The summed E-state index contributed by atoms with van der Waals surface area (Å²) in [4.78, 5) is 14.9. The lowest BCUT2D eigenvalue weighted by atomic mass is 9.78. The monoisotopic (exact) mass is 325 g/mol. The van der Waals surface area contributed by atoms with Crippen LogP contribution in [-0.4, -0.2) is 29.8 Å². The van der Waals surface area contributed by atoms with E-state index in [2.05, 4.69) is 4.90 Å². The maximum atomic E-state index is 12.5. The molecule has 2 unspecified atom stereocenters. The zero-order chi connectivity index (χ0) is 14.8. The molecule has 1 aliphatic carbocycles. The zero-order valence-corrected chi connectivity index (χ0v) is 13.7. The molecule has 2 nitrogen and oxygen atoms in total. The third-order valence-corrected chi connectivity index (χ3v) is 5.69. The number of carbonyl (C=O) groups excluding carboxylic acids is 1. The predicted molar refractivity (Wildman–Crippen MR) is 87.3 cm³/mol. The molecular formula is C17H21Cl2NO. The number of likely N-dealkylation sites (tertiary alicyclic amines) is 1. The van der Waals surface area contributed by atoms with Crippen molar-refractivity contribution in [3.8, 4) is 0 Å². The van der Waals surface area contributed by atoms with Crippen LogP contribution in [-0.2, 0) is 0 Å². The number of halogens is 2. The molecule has 1 saturated heterocycles. The van der Waals surface area contributed by atoms with Crippen molar-refractivity contribution in [1.29, 1.82) is 0 Å². The standard InChI is InChI=1S/C17H21Cl2NO/c18-14-8-7-13(10-15(14)19)17(21)11-20-9-3-5-12-4-1-2-6-16(12)20/h7-8,10,12,16H,1-6,9,11H2. The Balaban J connectivity index is 1.69. The van der Waals surface area contributed by atoms with Crippen molar-refractivity contribution < 1.29 is 4.79 Å². The van der Waals surface area contributed by atoms with E-state index in [0.29, 0.717) is 28.2 Å². The van der Waals surface area contributed by atoms with Gasteiger partial charge in [0, 0.05) is 11.6 Å². The van der Waals surface area contributed by atoms with Crippen molar-refractivity contribution in [3.05, 3.63) is 33.8 Å². The van der Waals surface area contributed by atoms with Crippen molar-refractivity contribution in [2.45, 2.75) is 44.6 Å². The number of piperidine rings is 1. The van der Waals surface area contributed by atoms with Crippen LogP contribution in [0.5, 0.6) is 0 Å². The molecule has 0 spiro atoms. The highest BCUT2D eigenvalue weighted by atomic mass is 35.5. The first-order valence-electron chi connectivity index (χ1n) is 7.87. The third kappa shape index (κ3) is 3.44. The number of Topliss-reactive ketones (excluding diaryl/α,β-unsaturated/α-hetero) is 1. The summed E-state index contributed by atoms with van der Waals surface area (Å²) in [5.74, 6) is 0.953. The first-order valence-corrected chi connectivity index (χ1v) is 8.63. The summed E-state index contributed by atoms with van der Waals surface area (Å²) in [7, 11) is 0. The van der Waals surface area contributed by atoms with Gasteiger partial charge in [-0.15, -0.1) is 0 Å². The van der Waals surface area contributed by atoms with Gasteiger partial charge in [0.2, 0.25) is 0 Å². The summed E-state index contributed by atoms with van der Waals surface area (Å²) in [5.41, 5.74) is 0.669. The second-order valence-electron chi connectivity index (χ2n) is 6.28. The molecule has 1 heterocycles. The molecule has 4 heteroatoms. The molecule has 0 radical (unpaired) electrons. The fourth-order valence-electron chi connectivity index (χ4n) is 3.87. The van der Waals surface area contributed by atoms with E-state index in [1.54, 1.807) is 18.2 Å². The molecule has 2 aliphatic rings. The fraction of sp³-hybridized carbons (Fsp3) is 0.588. The van der Waals surface area contributed by atoms with Crippen molar-refractivity contribution in [2.24, 2.45) is 5.92 Å². The van der Waals surface area contributed by atoms with Crippen molar-refractivity contribution in [1.82, 2.24) is 4.90 Å². The van der Waals surface area contributed by atoms with Crippen LogP contribution >= 0.6 is 23.2 Å². The highest BCUT2D eigenvalue weighted by molar-refractivity contribution is 6.42. The van der Waals surface area contributed by atoms with E-state index in [1.807, 2.05) is 0 Å². The predicted octanol–water partition coefficient (Wildman–Crippen LogP) is 4.83. The Morgan fingerprint density at radius 3 is 2.67 bits per heavy atom. The number of carbonyl (C=O) groups is 1. The summed E-state index contributed by atoms with van der Waals surface area (Å²) < 4.78 is 0. The van der Waals surface area contributed by atoms with Gasteiger partial charge in [0.05, 0.1) is 16.6 Å². The number of fused-ring (bicyclic) bond motifs is 1. The first-order chi connectivity index (χ1) is 10.1. The molecule has 1 saturated carbocycles. The summed E-state index contributed by atoms with van der Waals surface area (Å²) in [5, 5.41) is 0.954. The highest BCUT2D eigenvalue weighted by Gasteiger charge is 2.33. The summed E-state index contributed by atoms with van der Waals surface area (Å²) in [6, 6.07) is 5.78. The molecule has 0 amide bonds. The number of ketones is 1. The van der Waals surface area contributed by atoms with Gasteiger partial charge in [-0.05, 0) is 56.3 Å². The normalized spacial score (nSPS) is 26.4. The topological polar surface area (TPSA) is 20.3 Å². The number of hydrogen-bond donors (Lipinski definition) is 0. The van der Waals surface area contributed by atoms with Crippen LogP contribution in [0.4, 0.5) is 0 Å². The average Bonchev–Trinajstić information content (AvgIpc) is 2.50. The van der Waals surface area contributed by atoms with Crippen molar-refractivity contribution in [3.63, 3.8) is 0 Å². The maximum Gasteiger partial charge on any atom is 0.176 e. The van der Waals surface area contributed by atoms with E-state index in [-0.39, 0.29) is 5.78 Å². The van der Waals surface area contributed by atoms with E-state index in [1.165, 1.54) is 38.5 Å². The van der Waals surface area contributed by atoms with Gasteiger partial charge in [-0.1, -0.05) is 36.0 Å². The molecule has 0 aromatic heterocycles. The second-order valence-corrected chi connectivity index (χ2v) is 7.09. The molecule has 0 bridgehead atoms. The van der Waals surface area contributed by atoms with E-state index >= 15 is 0 Å². The lowest BCUT2D eigenvalue weighted by molar-refractivity contribution is 0.0539. The molecular weight excluding hydrogens is 305 g/mol. The van der Waals surface area contributed by atoms with Gasteiger partial charge >= 0.3 is 0 Å². The Morgan fingerprint density at radius 1 is 1.10 bits per heavy atom. The number of nitrogens with zero attached hydrogens (tertiary/aromatic N) is 1. The van der Waals surface area contributed by atoms with Crippen LogP contribution in [0.2, 0.25) is 10.0 Å². The summed E-state index contributed by atoms with van der Waals surface area (Å²) in [6.07, 6.45) is 7.80. The van der Waals surface area contributed by atoms with E-state index in [9.17, 15) is 4.79 Å².